The highest BCUT2D eigenvalue weighted by Crippen LogP contribution is 2.19. The molecule has 0 N–H and O–H groups in total. The molecule has 0 aromatic heterocycles. The molecule has 0 saturated heterocycles. The summed E-state index contributed by atoms with van der Waals surface area (Å²) in [6.45, 7) is 5.76. The highest BCUT2D eigenvalue weighted by atomic mass is 32.2. The molecule has 5 nitrogen and oxygen atoms in total. The number of sulfone groups is 1. The summed E-state index contributed by atoms with van der Waals surface area (Å²) in [7, 11) is -2.36. The van der Waals surface area contributed by atoms with Gasteiger partial charge in [0.2, 0.25) is 5.91 Å². The summed E-state index contributed by atoms with van der Waals surface area (Å²) in [5, 5.41) is -1.27. The third-order valence-corrected chi connectivity index (χ3v) is 6.28. The maximum absolute atomic E-state index is 13.0. The van der Waals surface area contributed by atoms with E-state index in [4.69, 9.17) is 4.74 Å². The number of halogens is 1. The van der Waals surface area contributed by atoms with Crippen molar-refractivity contribution in [3.05, 3.63) is 59.4 Å². The summed E-state index contributed by atoms with van der Waals surface area (Å²) in [6, 6.07) is 10.3. The molecule has 0 fully saturated rings. The van der Waals surface area contributed by atoms with Gasteiger partial charge in [-0.1, -0.05) is 6.07 Å². The number of nitrogens with zero attached hydrogens (tertiary/aromatic N) is 1. The largest absolute Gasteiger partial charge is 0.492 e. The van der Waals surface area contributed by atoms with Gasteiger partial charge in [0.05, 0.1) is 11.4 Å². The lowest BCUT2D eigenvalue weighted by Crippen LogP contribution is -2.41. The van der Waals surface area contributed by atoms with Crippen LogP contribution in [0.5, 0.6) is 5.75 Å². The standard InChI is InChI=1S/C20H24FNO4S/c1-14-11-15(2)13-18(12-14)26-10-9-22(4)20(23)16(3)27(24,25)19-7-5-17(21)6-8-19/h5-8,11-13,16H,9-10H2,1-4H3. The first-order valence-electron chi connectivity index (χ1n) is 8.57. The third-order valence-electron chi connectivity index (χ3n) is 4.22. The summed E-state index contributed by atoms with van der Waals surface area (Å²) < 4.78 is 43.8. The Hall–Kier alpha value is -2.41. The van der Waals surface area contributed by atoms with E-state index in [2.05, 4.69) is 0 Å². The molecule has 1 atom stereocenters. The van der Waals surface area contributed by atoms with Crippen molar-refractivity contribution in [1.29, 1.82) is 0 Å². The van der Waals surface area contributed by atoms with E-state index < -0.39 is 26.8 Å². The van der Waals surface area contributed by atoms with Crippen molar-refractivity contribution in [1.82, 2.24) is 4.90 Å². The highest BCUT2D eigenvalue weighted by Gasteiger charge is 2.31. The number of hydrogen-bond acceptors (Lipinski definition) is 4. The van der Waals surface area contributed by atoms with Gasteiger partial charge in [-0.3, -0.25) is 4.79 Å². The second-order valence-electron chi connectivity index (χ2n) is 6.57. The van der Waals surface area contributed by atoms with Crippen molar-refractivity contribution in [2.75, 3.05) is 20.2 Å². The zero-order valence-corrected chi connectivity index (χ0v) is 16.7. The topological polar surface area (TPSA) is 63.7 Å². The first-order valence-corrected chi connectivity index (χ1v) is 10.1. The molecule has 0 aliphatic carbocycles. The Morgan fingerprint density at radius 2 is 1.67 bits per heavy atom. The average Bonchev–Trinajstić information content (AvgIpc) is 2.59. The molecule has 0 spiro atoms. The molecular weight excluding hydrogens is 369 g/mol. The van der Waals surface area contributed by atoms with Crippen LogP contribution in [0.15, 0.2) is 47.4 Å². The fourth-order valence-corrected chi connectivity index (χ4v) is 4.07. The summed E-state index contributed by atoms with van der Waals surface area (Å²) in [5.41, 5.74) is 2.15. The van der Waals surface area contributed by atoms with Crippen LogP contribution in [0.4, 0.5) is 4.39 Å². The van der Waals surface area contributed by atoms with E-state index in [9.17, 15) is 17.6 Å². The molecule has 2 rings (SSSR count). The van der Waals surface area contributed by atoms with Crippen LogP contribution in [0.3, 0.4) is 0 Å². The molecule has 146 valence electrons. The number of aryl methyl sites for hydroxylation is 2. The fourth-order valence-electron chi connectivity index (χ4n) is 2.70. The molecule has 1 amide bonds. The lowest BCUT2D eigenvalue weighted by atomic mass is 10.1. The summed E-state index contributed by atoms with van der Waals surface area (Å²) >= 11 is 0. The van der Waals surface area contributed by atoms with E-state index in [-0.39, 0.29) is 18.0 Å². The zero-order chi connectivity index (χ0) is 20.2. The second kappa shape index (κ2) is 8.52. The molecule has 2 aromatic rings. The number of ether oxygens (including phenoxy) is 1. The number of carbonyl (C=O) groups excluding carboxylic acids is 1. The zero-order valence-electron chi connectivity index (χ0n) is 15.9. The lowest BCUT2D eigenvalue weighted by Gasteiger charge is -2.22. The molecule has 1 unspecified atom stereocenters. The first-order chi connectivity index (χ1) is 12.6. The minimum absolute atomic E-state index is 0.0790. The summed E-state index contributed by atoms with van der Waals surface area (Å²) in [4.78, 5) is 13.7. The Morgan fingerprint density at radius 3 is 2.22 bits per heavy atom. The van der Waals surface area contributed by atoms with Crippen LogP contribution < -0.4 is 4.74 Å². The van der Waals surface area contributed by atoms with Crippen LogP contribution in [0.1, 0.15) is 18.1 Å². The minimum atomic E-state index is -3.89. The fraction of sp³-hybridized carbons (Fsp3) is 0.350. The maximum Gasteiger partial charge on any atom is 0.240 e. The highest BCUT2D eigenvalue weighted by molar-refractivity contribution is 7.92. The second-order valence-corrected chi connectivity index (χ2v) is 8.84. The van der Waals surface area contributed by atoms with Crippen LogP contribution >= 0.6 is 0 Å². The van der Waals surface area contributed by atoms with Gasteiger partial charge >= 0.3 is 0 Å². The molecule has 0 saturated carbocycles. The monoisotopic (exact) mass is 393 g/mol. The Balaban J connectivity index is 1.98. The Bertz CT molecular complexity index is 890. The number of likely N-dealkylation sites (N-methyl/N-ethyl adjacent to an activating group) is 1. The maximum atomic E-state index is 13.0. The Kier molecular flexibility index (Phi) is 6.59. The molecule has 0 heterocycles. The van der Waals surface area contributed by atoms with Gasteiger partial charge in [-0.25, -0.2) is 12.8 Å². The average molecular weight is 393 g/mol. The van der Waals surface area contributed by atoms with Crippen molar-refractivity contribution in [2.24, 2.45) is 0 Å². The smallest absolute Gasteiger partial charge is 0.240 e. The van der Waals surface area contributed by atoms with E-state index in [0.29, 0.717) is 5.75 Å². The summed E-state index contributed by atoms with van der Waals surface area (Å²) in [6.07, 6.45) is 0. The van der Waals surface area contributed by atoms with Crippen LogP contribution in [0, 0.1) is 19.7 Å². The first kappa shape index (κ1) is 20.9. The molecule has 0 bridgehead atoms. The number of carbonyl (C=O) groups is 1. The van der Waals surface area contributed by atoms with Gasteiger partial charge in [-0.2, -0.15) is 0 Å². The molecule has 0 aliphatic rings. The Labute approximate surface area is 159 Å². The van der Waals surface area contributed by atoms with E-state index in [1.165, 1.54) is 18.9 Å². The van der Waals surface area contributed by atoms with Crippen molar-refractivity contribution < 1.29 is 22.3 Å². The van der Waals surface area contributed by atoms with Crippen LogP contribution in [0.25, 0.3) is 0 Å². The van der Waals surface area contributed by atoms with E-state index in [1.807, 2.05) is 32.0 Å². The predicted molar refractivity (Wildman–Crippen MR) is 102 cm³/mol. The molecule has 7 heteroatoms. The molecular formula is C20H24FNO4S. The minimum Gasteiger partial charge on any atom is -0.492 e. The van der Waals surface area contributed by atoms with Crippen LogP contribution in [-0.2, 0) is 14.6 Å². The van der Waals surface area contributed by atoms with Gasteiger partial charge in [-0.05, 0) is 68.3 Å². The van der Waals surface area contributed by atoms with Crippen molar-refractivity contribution in [3.63, 3.8) is 0 Å². The van der Waals surface area contributed by atoms with Crippen LogP contribution in [-0.4, -0.2) is 44.7 Å². The van der Waals surface area contributed by atoms with Gasteiger partial charge in [-0.15, -0.1) is 0 Å². The number of rotatable bonds is 7. The van der Waals surface area contributed by atoms with E-state index in [0.717, 1.165) is 35.4 Å². The quantitative estimate of drug-likeness (QED) is 0.678. The normalized spacial score (nSPS) is 12.5. The van der Waals surface area contributed by atoms with Gasteiger partial charge in [0, 0.05) is 7.05 Å². The number of benzene rings is 2. The van der Waals surface area contributed by atoms with Gasteiger partial charge in [0.15, 0.2) is 9.84 Å². The van der Waals surface area contributed by atoms with E-state index in [1.54, 1.807) is 0 Å². The van der Waals surface area contributed by atoms with Crippen molar-refractivity contribution in [2.45, 2.75) is 30.9 Å². The predicted octanol–water partition coefficient (Wildman–Crippen LogP) is 3.14. The van der Waals surface area contributed by atoms with Crippen molar-refractivity contribution >= 4 is 15.7 Å². The Morgan fingerprint density at radius 1 is 1.11 bits per heavy atom. The van der Waals surface area contributed by atoms with Gasteiger partial charge in [0.25, 0.3) is 0 Å². The third kappa shape index (κ3) is 5.29. The number of amides is 1. The molecule has 0 radical (unpaired) electrons. The van der Waals surface area contributed by atoms with Crippen molar-refractivity contribution in [3.8, 4) is 5.75 Å². The SMILES string of the molecule is Cc1cc(C)cc(OCCN(C)C(=O)C(C)S(=O)(=O)c2ccc(F)cc2)c1. The molecule has 2 aromatic carbocycles. The van der Waals surface area contributed by atoms with Gasteiger partial charge in [0.1, 0.15) is 23.4 Å². The molecule has 27 heavy (non-hydrogen) atoms. The van der Waals surface area contributed by atoms with E-state index >= 15 is 0 Å². The molecule has 0 aliphatic heterocycles. The number of hydrogen-bond donors (Lipinski definition) is 0. The van der Waals surface area contributed by atoms with Gasteiger partial charge < -0.3 is 9.64 Å². The summed E-state index contributed by atoms with van der Waals surface area (Å²) in [5.74, 6) is -0.364. The lowest BCUT2D eigenvalue weighted by molar-refractivity contribution is -0.129. The van der Waals surface area contributed by atoms with Crippen LogP contribution in [0.2, 0.25) is 0 Å².